The number of hydrogen-bond donors (Lipinski definition) is 1. The number of hydrogen-bond acceptors (Lipinski definition) is 8. The van der Waals surface area contributed by atoms with E-state index in [0.29, 0.717) is 40.3 Å². The molecule has 0 saturated carbocycles. The van der Waals surface area contributed by atoms with Gasteiger partial charge < -0.3 is 19.1 Å². The van der Waals surface area contributed by atoms with Gasteiger partial charge in [-0.25, -0.2) is 4.98 Å². The maximum absolute atomic E-state index is 12.5. The molecule has 0 aliphatic heterocycles. The average Bonchev–Trinajstić information content (AvgIpc) is 3.32. The second-order valence-electron chi connectivity index (χ2n) is 8.91. The SMILES string of the molecule is COc1cc2c(Oc3ccc4nc(NC(=O)c5ccccc5)sc4c3)ccnc2cc1OCCCN(C)C. The van der Waals surface area contributed by atoms with E-state index in [2.05, 4.69) is 20.2 Å². The van der Waals surface area contributed by atoms with Crippen LogP contribution >= 0.6 is 11.3 Å². The van der Waals surface area contributed by atoms with E-state index in [1.807, 2.05) is 68.7 Å². The number of amides is 1. The van der Waals surface area contributed by atoms with Gasteiger partial charge in [-0.1, -0.05) is 29.5 Å². The molecule has 0 aliphatic carbocycles. The number of nitrogens with zero attached hydrogens (tertiary/aromatic N) is 3. The van der Waals surface area contributed by atoms with E-state index in [1.165, 1.54) is 11.3 Å². The summed E-state index contributed by atoms with van der Waals surface area (Å²) in [5, 5.41) is 4.21. The highest BCUT2D eigenvalue weighted by atomic mass is 32.1. The Morgan fingerprint density at radius 1 is 0.974 bits per heavy atom. The van der Waals surface area contributed by atoms with Crippen LogP contribution in [-0.2, 0) is 0 Å². The van der Waals surface area contributed by atoms with Gasteiger partial charge in [0.15, 0.2) is 16.6 Å². The quantitative estimate of drug-likeness (QED) is 0.215. The molecular formula is C29H28N4O4S. The van der Waals surface area contributed by atoms with E-state index in [0.717, 1.165) is 34.1 Å². The van der Waals surface area contributed by atoms with Crippen LogP contribution in [0.15, 0.2) is 72.9 Å². The van der Waals surface area contributed by atoms with Crippen LogP contribution in [0.5, 0.6) is 23.0 Å². The van der Waals surface area contributed by atoms with Crippen LogP contribution in [0.4, 0.5) is 5.13 Å². The van der Waals surface area contributed by atoms with E-state index < -0.39 is 0 Å². The second kappa shape index (κ2) is 11.5. The summed E-state index contributed by atoms with van der Waals surface area (Å²) in [6.07, 6.45) is 2.62. The molecule has 0 unspecified atom stereocenters. The molecule has 2 aromatic heterocycles. The molecular weight excluding hydrogens is 500 g/mol. The summed E-state index contributed by atoms with van der Waals surface area (Å²) < 4.78 is 18.8. The van der Waals surface area contributed by atoms with E-state index in [1.54, 1.807) is 25.4 Å². The van der Waals surface area contributed by atoms with Gasteiger partial charge in [0.05, 0.1) is 29.5 Å². The molecule has 3 aromatic carbocycles. The number of rotatable bonds is 10. The first-order valence-corrected chi connectivity index (χ1v) is 13.0. The van der Waals surface area contributed by atoms with Crippen molar-refractivity contribution in [3.63, 3.8) is 0 Å². The van der Waals surface area contributed by atoms with Crippen molar-refractivity contribution in [3.8, 4) is 23.0 Å². The molecule has 9 heteroatoms. The highest BCUT2D eigenvalue weighted by molar-refractivity contribution is 7.22. The summed E-state index contributed by atoms with van der Waals surface area (Å²) in [5.41, 5.74) is 2.11. The number of thiazole rings is 1. The Bertz CT molecular complexity index is 1570. The van der Waals surface area contributed by atoms with E-state index in [4.69, 9.17) is 14.2 Å². The largest absolute Gasteiger partial charge is 0.493 e. The number of pyridine rings is 1. The number of nitrogens with one attached hydrogen (secondary N) is 1. The summed E-state index contributed by atoms with van der Waals surface area (Å²) in [6.45, 7) is 1.52. The van der Waals surface area contributed by atoms with Crippen LogP contribution in [0.3, 0.4) is 0 Å². The van der Waals surface area contributed by atoms with Crippen LogP contribution in [0.25, 0.3) is 21.1 Å². The Morgan fingerprint density at radius 2 is 1.82 bits per heavy atom. The standard InChI is InChI=1S/C29H28N4O4S/c1-33(2)14-7-15-36-26-18-23-21(17-25(26)35-3)24(12-13-30-23)37-20-10-11-22-27(16-20)38-29(31-22)32-28(34)19-8-5-4-6-9-19/h4-6,8-13,16-18H,7,14-15H2,1-3H3,(H,31,32,34). The fourth-order valence-corrected chi connectivity index (χ4v) is 4.85. The Hall–Kier alpha value is -4.21. The Balaban J connectivity index is 1.35. The van der Waals surface area contributed by atoms with Gasteiger partial charge in [-0.05, 0) is 56.9 Å². The molecule has 1 N–H and O–H groups in total. The first kappa shape index (κ1) is 25.4. The maximum atomic E-state index is 12.5. The van der Waals surface area contributed by atoms with Crippen molar-refractivity contribution in [1.29, 1.82) is 0 Å². The summed E-state index contributed by atoms with van der Waals surface area (Å²) in [6, 6.07) is 20.3. The first-order chi connectivity index (χ1) is 18.5. The van der Waals surface area contributed by atoms with E-state index in [9.17, 15) is 4.79 Å². The van der Waals surface area contributed by atoms with Crippen molar-refractivity contribution in [2.24, 2.45) is 0 Å². The third-order valence-electron chi connectivity index (χ3n) is 5.84. The third-order valence-corrected chi connectivity index (χ3v) is 6.77. The first-order valence-electron chi connectivity index (χ1n) is 12.2. The number of ether oxygens (including phenoxy) is 3. The summed E-state index contributed by atoms with van der Waals surface area (Å²) >= 11 is 1.39. The zero-order valence-corrected chi connectivity index (χ0v) is 22.2. The topological polar surface area (TPSA) is 85.8 Å². The number of fused-ring (bicyclic) bond motifs is 2. The van der Waals surface area contributed by atoms with Crippen LogP contribution in [-0.4, -0.2) is 55.1 Å². The molecule has 1 amide bonds. The van der Waals surface area contributed by atoms with Gasteiger partial charge in [0.2, 0.25) is 0 Å². The zero-order valence-electron chi connectivity index (χ0n) is 21.4. The van der Waals surface area contributed by atoms with Crippen molar-refractivity contribution in [2.75, 3.05) is 39.7 Å². The molecule has 5 rings (SSSR count). The molecule has 0 atom stereocenters. The average molecular weight is 529 g/mol. The van der Waals surface area contributed by atoms with Crippen LogP contribution in [0.2, 0.25) is 0 Å². The zero-order chi connectivity index (χ0) is 26.5. The monoisotopic (exact) mass is 528 g/mol. The van der Waals surface area contributed by atoms with E-state index in [-0.39, 0.29) is 5.91 Å². The molecule has 0 saturated heterocycles. The van der Waals surface area contributed by atoms with Gasteiger partial charge in [-0.2, -0.15) is 0 Å². The smallest absolute Gasteiger partial charge is 0.257 e. The number of methoxy groups -OCH3 is 1. The van der Waals surface area contributed by atoms with E-state index >= 15 is 0 Å². The summed E-state index contributed by atoms with van der Waals surface area (Å²) in [5.74, 6) is 2.38. The van der Waals surface area contributed by atoms with Gasteiger partial charge >= 0.3 is 0 Å². The van der Waals surface area contributed by atoms with Crippen LogP contribution in [0, 0.1) is 0 Å². The summed E-state index contributed by atoms with van der Waals surface area (Å²) in [4.78, 5) is 23.7. The van der Waals surface area contributed by atoms with Crippen molar-refractivity contribution >= 4 is 43.5 Å². The lowest BCUT2D eigenvalue weighted by atomic mass is 10.1. The van der Waals surface area contributed by atoms with Gasteiger partial charge in [-0.15, -0.1) is 0 Å². The minimum Gasteiger partial charge on any atom is -0.493 e. The fourth-order valence-electron chi connectivity index (χ4n) is 3.96. The second-order valence-corrected chi connectivity index (χ2v) is 9.94. The van der Waals surface area contributed by atoms with Gasteiger partial charge in [0.25, 0.3) is 5.91 Å². The molecule has 8 nitrogen and oxygen atoms in total. The Kier molecular flexibility index (Phi) is 7.67. The lowest BCUT2D eigenvalue weighted by Crippen LogP contribution is -2.15. The lowest BCUT2D eigenvalue weighted by molar-refractivity contribution is 0.102. The third kappa shape index (κ3) is 5.85. The van der Waals surface area contributed by atoms with Crippen molar-refractivity contribution in [1.82, 2.24) is 14.9 Å². The van der Waals surface area contributed by atoms with Crippen molar-refractivity contribution < 1.29 is 19.0 Å². The van der Waals surface area contributed by atoms with Gasteiger partial charge in [0, 0.05) is 35.8 Å². The lowest BCUT2D eigenvalue weighted by Gasteiger charge is -2.15. The minimum atomic E-state index is -0.195. The fraction of sp³-hybridized carbons (Fsp3) is 0.207. The molecule has 38 heavy (non-hydrogen) atoms. The molecule has 5 aromatic rings. The van der Waals surface area contributed by atoms with Gasteiger partial charge in [-0.3, -0.25) is 15.1 Å². The maximum Gasteiger partial charge on any atom is 0.257 e. The molecule has 2 heterocycles. The number of carbonyl (C=O) groups is 1. The predicted molar refractivity (Wildman–Crippen MR) is 151 cm³/mol. The molecule has 0 radical (unpaired) electrons. The normalized spacial score (nSPS) is 11.2. The molecule has 0 bridgehead atoms. The minimum absolute atomic E-state index is 0.195. The Morgan fingerprint density at radius 3 is 2.61 bits per heavy atom. The molecule has 194 valence electrons. The van der Waals surface area contributed by atoms with Crippen molar-refractivity contribution in [3.05, 3.63) is 78.5 Å². The number of anilines is 1. The van der Waals surface area contributed by atoms with Crippen LogP contribution < -0.4 is 19.5 Å². The highest BCUT2D eigenvalue weighted by Crippen LogP contribution is 2.38. The molecule has 0 spiro atoms. The van der Waals surface area contributed by atoms with Gasteiger partial charge in [0.1, 0.15) is 11.5 Å². The summed E-state index contributed by atoms with van der Waals surface area (Å²) in [7, 11) is 5.70. The number of aromatic nitrogens is 2. The molecule has 0 fully saturated rings. The van der Waals surface area contributed by atoms with Crippen molar-refractivity contribution in [2.45, 2.75) is 6.42 Å². The van der Waals surface area contributed by atoms with Crippen LogP contribution in [0.1, 0.15) is 16.8 Å². The Labute approximate surface area is 224 Å². The molecule has 0 aliphatic rings. The number of benzene rings is 3. The number of carbonyl (C=O) groups excluding carboxylic acids is 1. The highest BCUT2D eigenvalue weighted by Gasteiger charge is 2.14. The predicted octanol–water partition coefficient (Wildman–Crippen LogP) is 6.23.